The zero-order valence-electron chi connectivity index (χ0n) is 12.9. The van der Waals surface area contributed by atoms with E-state index in [1.165, 1.54) is 6.08 Å². The maximum Gasteiger partial charge on any atom is 0.249 e. The Bertz CT molecular complexity index is 866. The van der Waals surface area contributed by atoms with Crippen LogP contribution < -0.4 is 10.1 Å². The van der Waals surface area contributed by atoms with Gasteiger partial charge in [-0.25, -0.2) is 9.67 Å². The summed E-state index contributed by atoms with van der Waals surface area (Å²) in [4.78, 5) is 16.3. The molecule has 0 aliphatic carbocycles. The zero-order valence-corrected chi connectivity index (χ0v) is 12.9. The fraction of sp³-hybridized carbons (Fsp3) is 0.118. The zero-order chi connectivity index (χ0) is 16.2. The number of aryl methyl sites for hydroxylation is 1. The predicted octanol–water partition coefficient (Wildman–Crippen LogP) is 2.63. The largest absolute Gasteiger partial charge is 0.497 e. The number of fused-ring (bicyclic) bond motifs is 1. The smallest absolute Gasteiger partial charge is 0.249 e. The van der Waals surface area contributed by atoms with Crippen LogP contribution in [0.4, 0.5) is 5.82 Å². The van der Waals surface area contributed by atoms with Gasteiger partial charge in [-0.2, -0.15) is 5.10 Å². The number of pyridine rings is 1. The van der Waals surface area contributed by atoms with Crippen LogP contribution in [0.15, 0.2) is 48.7 Å². The third-order valence-corrected chi connectivity index (χ3v) is 3.38. The van der Waals surface area contributed by atoms with Crippen LogP contribution in [0, 0.1) is 0 Å². The average molecular weight is 308 g/mol. The topological polar surface area (TPSA) is 69.0 Å². The number of ether oxygens (including phenoxy) is 1. The van der Waals surface area contributed by atoms with Crippen LogP contribution in [-0.2, 0) is 11.8 Å². The fourth-order valence-corrected chi connectivity index (χ4v) is 2.23. The van der Waals surface area contributed by atoms with Crippen molar-refractivity contribution in [3.05, 3.63) is 54.2 Å². The van der Waals surface area contributed by atoms with Gasteiger partial charge in [0.1, 0.15) is 5.75 Å². The SMILES string of the molecule is COc1ccc(C=CC(=O)Nc2nn(C)c3ncccc23)cc1. The number of anilines is 1. The summed E-state index contributed by atoms with van der Waals surface area (Å²) in [6.07, 6.45) is 4.90. The van der Waals surface area contributed by atoms with E-state index in [0.717, 1.165) is 22.3 Å². The fourth-order valence-electron chi connectivity index (χ4n) is 2.23. The van der Waals surface area contributed by atoms with Gasteiger partial charge >= 0.3 is 0 Å². The molecule has 0 saturated heterocycles. The summed E-state index contributed by atoms with van der Waals surface area (Å²) in [5.74, 6) is 1.03. The molecule has 0 unspecified atom stereocenters. The highest BCUT2D eigenvalue weighted by molar-refractivity contribution is 6.05. The molecule has 1 aromatic carbocycles. The molecule has 6 nitrogen and oxygen atoms in total. The Hall–Kier alpha value is -3.15. The van der Waals surface area contributed by atoms with E-state index in [2.05, 4.69) is 15.4 Å². The van der Waals surface area contributed by atoms with Gasteiger partial charge in [0.25, 0.3) is 0 Å². The Morgan fingerprint density at radius 2 is 2.04 bits per heavy atom. The van der Waals surface area contributed by atoms with E-state index in [-0.39, 0.29) is 5.91 Å². The Balaban J connectivity index is 1.74. The molecule has 23 heavy (non-hydrogen) atoms. The van der Waals surface area contributed by atoms with Crippen molar-refractivity contribution in [2.75, 3.05) is 12.4 Å². The highest BCUT2D eigenvalue weighted by Crippen LogP contribution is 2.19. The lowest BCUT2D eigenvalue weighted by Crippen LogP contribution is -2.08. The third-order valence-electron chi connectivity index (χ3n) is 3.38. The number of aromatic nitrogens is 3. The molecule has 3 aromatic rings. The number of carbonyl (C=O) groups is 1. The van der Waals surface area contributed by atoms with E-state index in [1.54, 1.807) is 31.1 Å². The lowest BCUT2D eigenvalue weighted by atomic mass is 10.2. The Morgan fingerprint density at radius 1 is 1.26 bits per heavy atom. The number of nitrogens with zero attached hydrogens (tertiary/aromatic N) is 3. The van der Waals surface area contributed by atoms with Gasteiger partial charge in [0.15, 0.2) is 11.5 Å². The van der Waals surface area contributed by atoms with Gasteiger partial charge in [-0.3, -0.25) is 4.79 Å². The van der Waals surface area contributed by atoms with Gasteiger partial charge in [0, 0.05) is 19.3 Å². The standard InChI is InChI=1S/C17H16N4O2/c1-21-17-14(4-3-11-18-17)16(20-21)19-15(22)10-7-12-5-8-13(23-2)9-6-12/h3-11H,1-2H3,(H,19,20,22). The molecule has 6 heteroatoms. The van der Waals surface area contributed by atoms with Crippen molar-refractivity contribution in [2.45, 2.75) is 0 Å². The highest BCUT2D eigenvalue weighted by atomic mass is 16.5. The minimum Gasteiger partial charge on any atom is -0.497 e. The molecule has 2 aromatic heterocycles. The summed E-state index contributed by atoms with van der Waals surface area (Å²) in [5.41, 5.74) is 1.63. The molecule has 1 N–H and O–H groups in total. The summed E-state index contributed by atoms with van der Waals surface area (Å²) in [7, 11) is 3.41. The molecular formula is C17H16N4O2. The third kappa shape index (κ3) is 3.21. The molecule has 0 aliphatic rings. The molecule has 3 rings (SSSR count). The minimum absolute atomic E-state index is 0.246. The Labute approximate surface area is 133 Å². The number of hydrogen-bond donors (Lipinski definition) is 1. The molecule has 0 aliphatic heterocycles. The van der Waals surface area contributed by atoms with Crippen LogP contribution in [0.5, 0.6) is 5.75 Å². The second-order valence-corrected chi connectivity index (χ2v) is 4.94. The molecule has 1 amide bonds. The number of rotatable bonds is 4. The van der Waals surface area contributed by atoms with E-state index in [4.69, 9.17) is 4.74 Å². The van der Waals surface area contributed by atoms with Crippen LogP contribution in [0.2, 0.25) is 0 Å². The molecule has 0 fully saturated rings. The maximum atomic E-state index is 12.1. The number of methoxy groups -OCH3 is 1. The number of nitrogens with one attached hydrogen (secondary N) is 1. The quantitative estimate of drug-likeness (QED) is 0.752. The summed E-state index contributed by atoms with van der Waals surface area (Å²) in [5, 5.41) is 7.86. The van der Waals surface area contributed by atoms with E-state index < -0.39 is 0 Å². The maximum absolute atomic E-state index is 12.1. The van der Waals surface area contributed by atoms with Crippen LogP contribution in [-0.4, -0.2) is 27.8 Å². The van der Waals surface area contributed by atoms with Gasteiger partial charge in [0.05, 0.1) is 12.5 Å². The number of carbonyl (C=O) groups excluding carboxylic acids is 1. The summed E-state index contributed by atoms with van der Waals surface area (Å²) in [6.45, 7) is 0. The van der Waals surface area contributed by atoms with Crippen LogP contribution in [0.25, 0.3) is 17.1 Å². The van der Waals surface area contributed by atoms with Gasteiger partial charge in [0.2, 0.25) is 5.91 Å². The van der Waals surface area contributed by atoms with Gasteiger partial charge in [-0.15, -0.1) is 0 Å². The van der Waals surface area contributed by atoms with E-state index in [9.17, 15) is 4.79 Å². The molecule has 0 saturated carbocycles. The number of hydrogen-bond acceptors (Lipinski definition) is 4. The molecule has 0 atom stereocenters. The van der Waals surface area contributed by atoms with Crippen molar-refractivity contribution in [2.24, 2.45) is 7.05 Å². The van der Waals surface area contributed by atoms with Crippen LogP contribution in [0.3, 0.4) is 0 Å². The first-order chi connectivity index (χ1) is 11.2. The second kappa shape index (κ2) is 6.31. The summed E-state index contributed by atoms with van der Waals surface area (Å²) < 4.78 is 6.73. The van der Waals surface area contributed by atoms with Crippen molar-refractivity contribution in [1.29, 1.82) is 0 Å². The number of amides is 1. The van der Waals surface area contributed by atoms with Crippen molar-refractivity contribution in [3.63, 3.8) is 0 Å². The van der Waals surface area contributed by atoms with Crippen molar-refractivity contribution in [1.82, 2.24) is 14.8 Å². The molecule has 2 heterocycles. The van der Waals surface area contributed by atoms with E-state index in [1.807, 2.05) is 36.4 Å². The monoisotopic (exact) mass is 308 g/mol. The Morgan fingerprint density at radius 3 is 2.78 bits per heavy atom. The van der Waals surface area contributed by atoms with Gasteiger partial charge < -0.3 is 10.1 Å². The summed E-state index contributed by atoms with van der Waals surface area (Å²) in [6, 6.07) is 11.1. The normalized spacial score (nSPS) is 11.0. The van der Waals surface area contributed by atoms with E-state index >= 15 is 0 Å². The first kappa shape index (κ1) is 14.8. The first-order valence-corrected chi connectivity index (χ1v) is 7.08. The lowest BCUT2D eigenvalue weighted by molar-refractivity contribution is -0.111. The minimum atomic E-state index is -0.246. The van der Waals surface area contributed by atoms with Crippen molar-refractivity contribution in [3.8, 4) is 5.75 Å². The lowest BCUT2D eigenvalue weighted by Gasteiger charge is -2.00. The van der Waals surface area contributed by atoms with Crippen LogP contribution >= 0.6 is 0 Å². The molecular weight excluding hydrogens is 292 g/mol. The number of benzene rings is 1. The van der Waals surface area contributed by atoms with E-state index in [0.29, 0.717) is 5.82 Å². The predicted molar refractivity (Wildman–Crippen MR) is 89.2 cm³/mol. The highest BCUT2D eigenvalue weighted by Gasteiger charge is 2.10. The van der Waals surface area contributed by atoms with Crippen molar-refractivity contribution >= 4 is 28.8 Å². The second-order valence-electron chi connectivity index (χ2n) is 4.94. The molecule has 0 bridgehead atoms. The average Bonchev–Trinajstić information content (AvgIpc) is 2.90. The molecule has 116 valence electrons. The van der Waals surface area contributed by atoms with Crippen LogP contribution in [0.1, 0.15) is 5.56 Å². The van der Waals surface area contributed by atoms with Gasteiger partial charge in [-0.05, 0) is 35.9 Å². The first-order valence-electron chi connectivity index (χ1n) is 7.08. The molecule has 0 radical (unpaired) electrons. The summed E-state index contributed by atoms with van der Waals surface area (Å²) >= 11 is 0. The van der Waals surface area contributed by atoms with Gasteiger partial charge in [-0.1, -0.05) is 12.1 Å². The Kier molecular flexibility index (Phi) is 4.05. The van der Waals surface area contributed by atoms with Crippen molar-refractivity contribution < 1.29 is 9.53 Å². The molecule has 0 spiro atoms.